The molecule has 212 valence electrons. The SMILES string of the molecule is C=CCCCCOC(=O)[C@@H]1[C@@H]2CC(C)C3(S2)C(C(=O)N(CC=C)c2ccc(Cl)cc2)N(CCCCO)C(=O)[C@H]13. The Kier molecular flexibility index (Phi) is 9.83. The third-order valence-corrected chi connectivity index (χ3v) is 10.6. The fourth-order valence-electron chi connectivity index (χ4n) is 6.58. The number of fused-ring (bicyclic) bond motifs is 1. The molecular weight excluding hydrogens is 536 g/mol. The van der Waals surface area contributed by atoms with Gasteiger partial charge in [-0.3, -0.25) is 14.4 Å². The summed E-state index contributed by atoms with van der Waals surface area (Å²) in [5.41, 5.74) is 0.674. The van der Waals surface area contributed by atoms with Crippen molar-refractivity contribution in [1.82, 2.24) is 4.90 Å². The van der Waals surface area contributed by atoms with Gasteiger partial charge in [0.05, 0.1) is 23.2 Å². The number of halogens is 1. The van der Waals surface area contributed by atoms with Crippen LogP contribution in [0, 0.1) is 17.8 Å². The molecule has 0 aliphatic carbocycles. The highest BCUT2D eigenvalue weighted by Gasteiger charge is 2.76. The van der Waals surface area contributed by atoms with Crippen LogP contribution in [0.2, 0.25) is 5.02 Å². The van der Waals surface area contributed by atoms with Gasteiger partial charge in [0, 0.05) is 35.7 Å². The van der Waals surface area contributed by atoms with Crippen molar-refractivity contribution in [3.05, 3.63) is 54.6 Å². The Morgan fingerprint density at radius 3 is 2.62 bits per heavy atom. The van der Waals surface area contributed by atoms with Gasteiger partial charge in [-0.25, -0.2) is 0 Å². The summed E-state index contributed by atoms with van der Waals surface area (Å²) < 4.78 is 4.97. The molecule has 1 aromatic carbocycles. The fourth-order valence-corrected chi connectivity index (χ4v) is 9.11. The van der Waals surface area contributed by atoms with Gasteiger partial charge in [-0.2, -0.15) is 0 Å². The third-order valence-electron chi connectivity index (χ3n) is 8.32. The summed E-state index contributed by atoms with van der Waals surface area (Å²) in [5, 5.41) is 9.90. The van der Waals surface area contributed by atoms with E-state index in [1.165, 1.54) is 0 Å². The minimum Gasteiger partial charge on any atom is -0.465 e. The largest absolute Gasteiger partial charge is 0.465 e. The smallest absolute Gasteiger partial charge is 0.310 e. The van der Waals surface area contributed by atoms with E-state index in [4.69, 9.17) is 16.3 Å². The van der Waals surface area contributed by atoms with Crippen LogP contribution in [0.25, 0.3) is 0 Å². The molecule has 6 atom stereocenters. The van der Waals surface area contributed by atoms with E-state index in [0.29, 0.717) is 36.7 Å². The molecular formula is C30H39ClN2O5S. The zero-order chi connectivity index (χ0) is 28.2. The van der Waals surface area contributed by atoms with Gasteiger partial charge in [0.25, 0.3) is 5.91 Å². The Balaban J connectivity index is 1.68. The number of nitrogens with zero attached hydrogens (tertiary/aromatic N) is 2. The van der Waals surface area contributed by atoms with Crippen LogP contribution >= 0.6 is 23.4 Å². The molecule has 39 heavy (non-hydrogen) atoms. The van der Waals surface area contributed by atoms with E-state index in [9.17, 15) is 19.5 Å². The van der Waals surface area contributed by atoms with Gasteiger partial charge in [-0.1, -0.05) is 30.7 Å². The Morgan fingerprint density at radius 2 is 1.95 bits per heavy atom. The minimum absolute atomic E-state index is 0.0105. The number of ether oxygens (including phenoxy) is 1. The first-order valence-electron chi connectivity index (χ1n) is 13.9. The van der Waals surface area contributed by atoms with Gasteiger partial charge in [0.2, 0.25) is 5.91 Å². The molecule has 0 saturated carbocycles. The first kappa shape index (κ1) is 29.7. The van der Waals surface area contributed by atoms with E-state index < -0.39 is 22.6 Å². The zero-order valence-electron chi connectivity index (χ0n) is 22.6. The second-order valence-corrected chi connectivity index (χ2v) is 12.7. The van der Waals surface area contributed by atoms with Crippen LogP contribution in [-0.4, -0.2) is 70.1 Å². The van der Waals surface area contributed by atoms with Crippen LogP contribution in [0.15, 0.2) is 49.6 Å². The zero-order valence-corrected chi connectivity index (χ0v) is 24.2. The van der Waals surface area contributed by atoms with E-state index in [2.05, 4.69) is 20.1 Å². The van der Waals surface area contributed by atoms with Crippen LogP contribution in [0.4, 0.5) is 5.69 Å². The molecule has 3 aliphatic heterocycles. The van der Waals surface area contributed by atoms with Gasteiger partial charge in [0.1, 0.15) is 6.04 Å². The lowest BCUT2D eigenvalue weighted by Gasteiger charge is -2.40. The summed E-state index contributed by atoms with van der Waals surface area (Å²) in [7, 11) is 0. The number of carbonyl (C=O) groups excluding carboxylic acids is 3. The number of benzene rings is 1. The number of aliphatic hydroxyl groups excluding tert-OH is 1. The molecule has 3 aliphatic rings. The van der Waals surface area contributed by atoms with E-state index >= 15 is 0 Å². The van der Waals surface area contributed by atoms with Crippen molar-refractivity contribution < 1.29 is 24.2 Å². The number of amides is 2. The van der Waals surface area contributed by atoms with Crippen molar-refractivity contribution in [1.29, 1.82) is 0 Å². The number of anilines is 1. The van der Waals surface area contributed by atoms with Gasteiger partial charge in [-0.05, 0) is 68.7 Å². The number of unbranched alkanes of at least 4 members (excludes halogenated alkanes) is 3. The average molecular weight is 575 g/mol. The molecule has 0 aromatic heterocycles. The summed E-state index contributed by atoms with van der Waals surface area (Å²) in [6, 6.07) is 6.32. The summed E-state index contributed by atoms with van der Waals surface area (Å²) in [5.74, 6) is -1.80. The molecule has 3 heterocycles. The molecule has 9 heteroatoms. The Hall–Kier alpha value is -2.29. The maximum atomic E-state index is 14.5. The highest BCUT2D eigenvalue weighted by atomic mass is 35.5. The second-order valence-electron chi connectivity index (χ2n) is 10.7. The summed E-state index contributed by atoms with van der Waals surface area (Å²) in [6.07, 6.45) is 7.86. The van der Waals surface area contributed by atoms with Crippen molar-refractivity contribution in [3.63, 3.8) is 0 Å². The molecule has 2 bridgehead atoms. The number of likely N-dealkylation sites (tertiary alicyclic amines) is 1. The second kappa shape index (κ2) is 12.9. The lowest BCUT2D eigenvalue weighted by molar-refractivity contribution is -0.154. The molecule has 3 saturated heterocycles. The molecule has 3 unspecified atom stereocenters. The lowest BCUT2D eigenvalue weighted by atomic mass is 9.66. The Labute approximate surface area is 240 Å². The average Bonchev–Trinajstić information content (AvgIpc) is 3.51. The molecule has 1 aromatic rings. The van der Waals surface area contributed by atoms with Crippen molar-refractivity contribution >= 4 is 46.8 Å². The molecule has 0 radical (unpaired) electrons. The maximum Gasteiger partial charge on any atom is 0.310 e. The number of aliphatic hydroxyl groups is 1. The number of allylic oxidation sites excluding steroid dienone is 1. The minimum atomic E-state index is -0.736. The van der Waals surface area contributed by atoms with Crippen LogP contribution in [-0.2, 0) is 19.1 Å². The molecule has 1 N–H and O–H groups in total. The molecule has 2 amide bonds. The van der Waals surface area contributed by atoms with Crippen molar-refractivity contribution in [2.24, 2.45) is 17.8 Å². The van der Waals surface area contributed by atoms with E-state index in [1.54, 1.807) is 51.9 Å². The van der Waals surface area contributed by atoms with Gasteiger partial charge >= 0.3 is 5.97 Å². The van der Waals surface area contributed by atoms with Gasteiger partial charge in [-0.15, -0.1) is 24.9 Å². The van der Waals surface area contributed by atoms with E-state index in [-0.39, 0.29) is 42.1 Å². The Morgan fingerprint density at radius 1 is 1.21 bits per heavy atom. The highest BCUT2D eigenvalue weighted by Crippen LogP contribution is 2.68. The summed E-state index contributed by atoms with van der Waals surface area (Å²) in [4.78, 5) is 45.4. The number of hydrogen-bond acceptors (Lipinski definition) is 6. The van der Waals surface area contributed by atoms with Crippen molar-refractivity contribution in [2.45, 2.75) is 61.5 Å². The van der Waals surface area contributed by atoms with E-state index in [0.717, 1.165) is 25.7 Å². The fraction of sp³-hybridized carbons (Fsp3) is 0.567. The summed E-state index contributed by atoms with van der Waals surface area (Å²) >= 11 is 7.75. The number of hydrogen-bond donors (Lipinski definition) is 1. The van der Waals surface area contributed by atoms with Gasteiger partial charge in [0.15, 0.2) is 0 Å². The Bertz CT molecular complexity index is 1080. The van der Waals surface area contributed by atoms with Gasteiger partial charge < -0.3 is 19.6 Å². The number of carbonyl (C=O) groups is 3. The quantitative estimate of drug-likeness (QED) is 0.194. The predicted octanol–water partition coefficient (Wildman–Crippen LogP) is 4.87. The highest BCUT2D eigenvalue weighted by molar-refractivity contribution is 8.02. The van der Waals surface area contributed by atoms with Crippen LogP contribution < -0.4 is 4.90 Å². The molecule has 1 spiro atoms. The number of thioether (sulfide) groups is 1. The van der Waals surface area contributed by atoms with Crippen LogP contribution in [0.5, 0.6) is 0 Å². The van der Waals surface area contributed by atoms with Crippen LogP contribution in [0.1, 0.15) is 45.4 Å². The monoisotopic (exact) mass is 574 g/mol. The molecule has 7 nitrogen and oxygen atoms in total. The number of esters is 1. The standard InChI is InChI=1S/C30H39ClN2O5S/c1-4-6-7-10-18-38-29(37)24-23-19-20(3)30(39-23)25(24)27(35)33(16-8-9-17-34)26(30)28(36)32(15-5-2)22-13-11-21(31)12-14-22/h4-5,11-14,20,23-26,34H,1-2,6-10,15-19H2,3H3/t20?,23-,24+,25-,26?,30?/m0/s1. The van der Waals surface area contributed by atoms with Crippen LogP contribution in [0.3, 0.4) is 0 Å². The first-order chi connectivity index (χ1) is 18.8. The lowest BCUT2D eigenvalue weighted by Crippen LogP contribution is -2.57. The number of rotatable bonds is 14. The van der Waals surface area contributed by atoms with Crippen molar-refractivity contribution in [2.75, 3.05) is 31.2 Å². The third kappa shape index (κ3) is 5.52. The molecule has 3 fully saturated rings. The topological polar surface area (TPSA) is 87.2 Å². The predicted molar refractivity (Wildman–Crippen MR) is 156 cm³/mol. The van der Waals surface area contributed by atoms with E-state index in [1.807, 2.05) is 6.08 Å². The normalized spacial score (nSPS) is 28.8. The first-order valence-corrected chi connectivity index (χ1v) is 15.1. The molecule has 4 rings (SSSR count). The summed E-state index contributed by atoms with van der Waals surface area (Å²) in [6.45, 7) is 10.6. The van der Waals surface area contributed by atoms with Crippen molar-refractivity contribution in [3.8, 4) is 0 Å². The maximum absolute atomic E-state index is 14.5.